The van der Waals surface area contributed by atoms with Crippen molar-refractivity contribution in [1.82, 2.24) is 0 Å². The van der Waals surface area contributed by atoms with Crippen molar-refractivity contribution in [1.29, 1.82) is 5.26 Å². The summed E-state index contributed by atoms with van der Waals surface area (Å²) in [5.74, 6) is -1.83. The van der Waals surface area contributed by atoms with Crippen molar-refractivity contribution < 1.29 is 14.7 Å². The van der Waals surface area contributed by atoms with Crippen LogP contribution in [0.2, 0.25) is 0 Å². The molecule has 0 radical (unpaired) electrons. The molecule has 1 amide bonds. The van der Waals surface area contributed by atoms with Gasteiger partial charge in [-0.3, -0.25) is 9.59 Å². The minimum absolute atomic E-state index is 0.00811. The summed E-state index contributed by atoms with van der Waals surface area (Å²) in [6.07, 6.45) is 7.52. The lowest BCUT2D eigenvalue weighted by Gasteiger charge is -2.23. The van der Waals surface area contributed by atoms with E-state index in [1.807, 2.05) is 12.2 Å². The van der Waals surface area contributed by atoms with E-state index < -0.39 is 17.8 Å². The maximum Gasteiger partial charge on any atom is 0.307 e. The monoisotopic (exact) mass is 356 g/mol. The first-order valence-corrected chi connectivity index (χ1v) is 9.58. The van der Waals surface area contributed by atoms with E-state index in [2.05, 4.69) is 18.3 Å². The van der Waals surface area contributed by atoms with Crippen LogP contribution in [0.25, 0.3) is 0 Å². The molecule has 5 nitrogen and oxygen atoms in total. The minimum Gasteiger partial charge on any atom is -0.481 e. The normalized spacial score (nSPS) is 32.2. The van der Waals surface area contributed by atoms with Crippen molar-refractivity contribution in [3.63, 3.8) is 0 Å². The molecule has 0 aromatic carbocycles. The van der Waals surface area contributed by atoms with E-state index >= 15 is 0 Å². The van der Waals surface area contributed by atoms with Gasteiger partial charge in [0.1, 0.15) is 11.1 Å². The van der Waals surface area contributed by atoms with E-state index in [1.54, 1.807) is 0 Å². The van der Waals surface area contributed by atoms with E-state index in [-0.39, 0.29) is 17.7 Å². The number of nitrogens with zero attached hydrogens (tertiary/aromatic N) is 1. The van der Waals surface area contributed by atoms with Gasteiger partial charge in [0.15, 0.2) is 0 Å². The van der Waals surface area contributed by atoms with Crippen molar-refractivity contribution in [2.24, 2.45) is 29.6 Å². The molecule has 1 heterocycles. The highest BCUT2D eigenvalue weighted by Gasteiger charge is 2.51. The first-order valence-electron chi connectivity index (χ1n) is 8.76. The molecule has 25 heavy (non-hydrogen) atoms. The van der Waals surface area contributed by atoms with E-state index in [4.69, 9.17) is 0 Å². The average Bonchev–Trinajstić information content (AvgIpc) is 3.25. The van der Waals surface area contributed by atoms with Gasteiger partial charge >= 0.3 is 5.97 Å². The van der Waals surface area contributed by atoms with Crippen LogP contribution in [0.1, 0.15) is 35.8 Å². The van der Waals surface area contributed by atoms with Gasteiger partial charge in [-0.05, 0) is 49.0 Å². The van der Waals surface area contributed by atoms with Crippen molar-refractivity contribution >= 4 is 28.2 Å². The first kappa shape index (κ1) is 16.3. The number of fused-ring (bicyclic) bond motifs is 3. The van der Waals surface area contributed by atoms with Gasteiger partial charge in [-0.2, -0.15) is 5.26 Å². The molecule has 5 atom stereocenters. The van der Waals surface area contributed by atoms with E-state index in [9.17, 15) is 20.0 Å². The number of hydrogen-bond acceptors (Lipinski definition) is 4. The molecular formula is C19H20N2O3S. The van der Waals surface area contributed by atoms with Crippen molar-refractivity contribution in [3.8, 4) is 6.07 Å². The molecule has 0 unspecified atom stereocenters. The lowest BCUT2D eigenvalue weighted by Crippen LogP contribution is -2.36. The summed E-state index contributed by atoms with van der Waals surface area (Å²) >= 11 is 1.49. The molecular weight excluding hydrogens is 336 g/mol. The Balaban J connectivity index is 1.61. The van der Waals surface area contributed by atoms with Crippen LogP contribution in [0, 0.1) is 40.9 Å². The molecule has 2 bridgehead atoms. The second kappa shape index (κ2) is 5.99. The number of allylic oxidation sites excluding steroid dienone is 2. The zero-order valence-electron chi connectivity index (χ0n) is 14.0. The van der Waals surface area contributed by atoms with Crippen LogP contribution >= 0.6 is 11.3 Å². The number of aliphatic carboxylic acids is 1. The summed E-state index contributed by atoms with van der Waals surface area (Å²) in [4.78, 5) is 25.7. The standard InChI is InChI=1S/C19H20N2O3S/c1-9-2-5-12-13(8-20)18(25-14(12)6-9)21-17(22)15-10-3-4-11(7-10)16(15)19(23)24/h3-4,9-11,15-16H,2,5-7H2,1H3,(H,21,22)(H,23,24)/t9-,10+,11+,15-,16-/m1/s1. The van der Waals surface area contributed by atoms with Crippen LogP contribution < -0.4 is 5.32 Å². The Morgan fingerprint density at radius 2 is 2.04 bits per heavy atom. The maximum absolute atomic E-state index is 12.9. The van der Waals surface area contributed by atoms with Gasteiger partial charge in [0.25, 0.3) is 0 Å². The van der Waals surface area contributed by atoms with Crippen molar-refractivity contribution in [2.75, 3.05) is 5.32 Å². The number of anilines is 1. The van der Waals surface area contributed by atoms with Gasteiger partial charge in [-0.1, -0.05) is 19.1 Å². The predicted molar refractivity (Wildman–Crippen MR) is 94.2 cm³/mol. The lowest BCUT2D eigenvalue weighted by molar-refractivity contribution is -0.146. The first-order chi connectivity index (χ1) is 12.0. The van der Waals surface area contributed by atoms with E-state index in [0.717, 1.165) is 31.2 Å². The number of nitriles is 1. The van der Waals surface area contributed by atoms with Gasteiger partial charge in [0.2, 0.25) is 5.91 Å². The number of carboxylic acids is 1. The van der Waals surface area contributed by atoms with Gasteiger partial charge in [-0.15, -0.1) is 11.3 Å². The third-order valence-corrected chi connectivity index (χ3v) is 7.08. The summed E-state index contributed by atoms with van der Waals surface area (Å²) in [6, 6.07) is 2.25. The number of amides is 1. The van der Waals surface area contributed by atoms with Crippen LogP contribution in [-0.4, -0.2) is 17.0 Å². The number of carbonyl (C=O) groups is 2. The fourth-order valence-electron chi connectivity index (χ4n) is 4.67. The highest BCUT2D eigenvalue weighted by molar-refractivity contribution is 7.16. The SMILES string of the molecule is C[C@@H]1CCc2c(sc(NC(=O)[C@H]3[C@H](C(=O)O)[C@H]4C=C[C@H]3C4)c2C#N)C1. The molecule has 3 aliphatic rings. The van der Waals surface area contributed by atoms with E-state index in [0.29, 0.717) is 16.5 Å². The van der Waals surface area contributed by atoms with Crippen LogP contribution in [0.5, 0.6) is 0 Å². The molecule has 4 rings (SSSR count). The molecule has 0 saturated heterocycles. The third-order valence-electron chi connectivity index (χ3n) is 5.91. The van der Waals surface area contributed by atoms with Crippen LogP contribution in [0.3, 0.4) is 0 Å². The Morgan fingerprint density at radius 1 is 1.32 bits per heavy atom. The summed E-state index contributed by atoms with van der Waals surface area (Å²) in [6.45, 7) is 2.20. The molecule has 1 saturated carbocycles. The number of hydrogen-bond donors (Lipinski definition) is 2. The topological polar surface area (TPSA) is 90.2 Å². The average molecular weight is 356 g/mol. The zero-order valence-corrected chi connectivity index (χ0v) is 14.8. The van der Waals surface area contributed by atoms with Gasteiger partial charge in [0, 0.05) is 4.88 Å². The fraction of sp³-hybridized carbons (Fsp3) is 0.526. The van der Waals surface area contributed by atoms with Crippen LogP contribution in [0.4, 0.5) is 5.00 Å². The molecule has 1 aromatic heterocycles. The van der Waals surface area contributed by atoms with Gasteiger partial charge in [-0.25, -0.2) is 0 Å². The molecule has 1 aromatic rings. The molecule has 0 spiro atoms. The molecule has 0 aliphatic heterocycles. The summed E-state index contributed by atoms with van der Waals surface area (Å²) in [5, 5.41) is 22.6. The second-order valence-electron chi connectivity index (χ2n) is 7.50. The van der Waals surface area contributed by atoms with E-state index in [1.165, 1.54) is 16.2 Å². The highest BCUT2D eigenvalue weighted by atomic mass is 32.1. The lowest BCUT2D eigenvalue weighted by atomic mass is 9.82. The molecule has 3 aliphatic carbocycles. The third kappa shape index (κ3) is 2.58. The minimum atomic E-state index is -0.906. The van der Waals surface area contributed by atoms with Gasteiger partial charge in [0.05, 0.1) is 17.4 Å². The summed E-state index contributed by atoms with van der Waals surface area (Å²) in [7, 11) is 0. The maximum atomic E-state index is 12.9. The Bertz CT molecular complexity index is 819. The molecule has 2 N–H and O–H groups in total. The highest BCUT2D eigenvalue weighted by Crippen LogP contribution is 2.49. The Hall–Kier alpha value is -2.13. The number of carbonyl (C=O) groups excluding carboxylic acids is 1. The Labute approximate surface area is 150 Å². The van der Waals surface area contributed by atoms with Crippen LogP contribution in [0.15, 0.2) is 12.2 Å². The molecule has 1 fully saturated rings. The predicted octanol–water partition coefficient (Wildman–Crippen LogP) is 3.21. The van der Waals surface area contributed by atoms with Crippen molar-refractivity contribution in [3.05, 3.63) is 28.2 Å². The summed E-state index contributed by atoms with van der Waals surface area (Å²) in [5.41, 5.74) is 1.65. The molecule has 6 heteroatoms. The Morgan fingerprint density at radius 3 is 2.72 bits per heavy atom. The van der Waals surface area contributed by atoms with Gasteiger partial charge < -0.3 is 10.4 Å². The largest absolute Gasteiger partial charge is 0.481 e. The van der Waals surface area contributed by atoms with Crippen LogP contribution in [-0.2, 0) is 22.4 Å². The number of carboxylic acid groups (broad SMARTS) is 1. The number of thiophene rings is 1. The number of nitrogens with one attached hydrogen (secondary N) is 1. The number of rotatable bonds is 3. The summed E-state index contributed by atoms with van der Waals surface area (Å²) < 4.78 is 0. The smallest absolute Gasteiger partial charge is 0.307 e. The van der Waals surface area contributed by atoms with Crippen molar-refractivity contribution in [2.45, 2.75) is 32.6 Å². The molecule has 130 valence electrons. The Kier molecular flexibility index (Phi) is 3.92. The fourth-order valence-corrected chi connectivity index (χ4v) is 6.03. The zero-order chi connectivity index (χ0) is 17.7. The second-order valence-corrected chi connectivity index (χ2v) is 8.60. The quantitative estimate of drug-likeness (QED) is 0.814.